The van der Waals surface area contributed by atoms with Gasteiger partial charge in [-0.05, 0) is 42.5 Å². The summed E-state index contributed by atoms with van der Waals surface area (Å²) in [6.07, 6.45) is 3.63. The molecule has 1 amide bonds. The second-order valence-electron chi connectivity index (χ2n) is 5.86. The van der Waals surface area contributed by atoms with Crippen molar-refractivity contribution in [1.82, 2.24) is 4.40 Å². The van der Waals surface area contributed by atoms with E-state index in [2.05, 4.69) is 0 Å². The molecule has 2 heterocycles. The van der Waals surface area contributed by atoms with Gasteiger partial charge in [0, 0.05) is 23.8 Å². The average Bonchev–Trinajstić information content (AvgIpc) is 3.13. The monoisotopic (exact) mass is 340 g/mol. The molecule has 0 saturated carbocycles. The first kappa shape index (κ1) is 15.8. The average molecular weight is 340 g/mol. The third-order valence-electron chi connectivity index (χ3n) is 4.24. The summed E-state index contributed by atoms with van der Waals surface area (Å²) in [7, 11) is 0. The van der Waals surface area contributed by atoms with Gasteiger partial charge in [-0.15, -0.1) is 0 Å². The number of benzene rings is 2. The van der Waals surface area contributed by atoms with Crippen LogP contribution in [0.15, 0.2) is 97.3 Å². The van der Waals surface area contributed by atoms with Crippen molar-refractivity contribution in [2.45, 2.75) is 0 Å². The highest BCUT2D eigenvalue weighted by Crippen LogP contribution is 2.26. The van der Waals surface area contributed by atoms with Crippen LogP contribution < -0.4 is 4.90 Å². The molecule has 2 aromatic heterocycles. The van der Waals surface area contributed by atoms with Crippen molar-refractivity contribution in [3.05, 3.63) is 103 Å². The van der Waals surface area contributed by atoms with E-state index in [4.69, 9.17) is 0 Å². The van der Waals surface area contributed by atoms with Crippen LogP contribution in [-0.2, 0) is 4.79 Å². The Kier molecular flexibility index (Phi) is 4.07. The standard InChI is InChI=1S/C22H16N2O2/c25-21(19-14-16-23-15-8-7-13-20(19)23)22(26)24(17-9-3-1-4-10-17)18-11-5-2-6-12-18/h1-16H. The number of para-hydroxylation sites is 2. The Balaban J connectivity index is 1.78. The molecule has 0 aliphatic rings. The zero-order valence-electron chi connectivity index (χ0n) is 13.9. The van der Waals surface area contributed by atoms with Crippen LogP contribution in [0, 0.1) is 0 Å². The lowest BCUT2D eigenvalue weighted by Crippen LogP contribution is -2.32. The van der Waals surface area contributed by atoms with Crippen LogP contribution in [0.2, 0.25) is 0 Å². The molecule has 0 spiro atoms. The van der Waals surface area contributed by atoms with Gasteiger partial charge in [0.05, 0.1) is 11.1 Å². The fourth-order valence-electron chi connectivity index (χ4n) is 3.00. The number of carbonyl (C=O) groups is 2. The second-order valence-corrected chi connectivity index (χ2v) is 5.86. The van der Waals surface area contributed by atoms with Gasteiger partial charge >= 0.3 is 5.91 Å². The Hall–Kier alpha value is -3.66. The number of aromatic nitrogens is 1. The van der Waals surface area contributed by atoms with Crippen LogP contribution >= 0.6 is 0 Å². The summed E-state index contributed by atoms with van der Waals surface area (Å²) in [5.74, 6) is -1.12. The van der Waals surface area contributed by atoms with Crippen molar-refractivity contribution in [1.29, 1.82) is 0 Å². The number of rotatable bonds is 4. The smallest absolute Gasteiger partial charge is 0.304 e. The summed E-state index contributed by atoms with van der Waals surface area (Å²) in [4.78, 5) is 27.6. The molecule has 0 aliphatic heterocycles. The van der Waals surface area contributed by atoms with Gasteiger partial charge < -0.3 is 4.40 Å². The minimum Gasteiger partial charge on any atom is -0.323 e. The number of amides is 1. The highest BCUT2D eigenvalue weighted by molar-refractivity contribution is 6.49. The van der Waals surface area contributed by atoms with Crippen molar-refractivity contribution >= 4 is 28.6 Å². The van der Waals surface area contributed by atoms with Crippen LogP contribution in [0.4, 0.5) is 11.4 Å². The predicted octanol–water partition coefficient (Wildman–Crippen LogP) is 4.49. The molecular formula is C22H16N2O2. The van der Waals surface area contributed by atoms with Crippen LogP contribution in [-0.4, -0.2) is 16.1 Å². The number of hydrogen-bond acceptors (Lipinski definition) is 2. The lowest BCUT2D eigenvalue weighted by atomic mass is 10.1. The molecule has 0 bridgehead atoms. The number of anilines is 2. The molecule has 0 saturated heterocycles. The summed E-state index contributed by atoms with van der Waals surface area (Å²) >= 11 is 0. The SMILES string of the molecule is O=C(C(=O)N(c1ccccc1)c1ccccc1)c1ccn2ccccc12. The van der Waals surface area contributed by atoms with E-state index in [1.165, 1.54) is 4.90 Å². The molecule has 4 heteroatoms. The van der Waals surface area contributed by atoms with Crippen LogP contribution in [0.25, 0.3) is 5.52 Å². The largest absolute Gasteiger partial charge is 0.323 e. The van der Waals surface area contributed by atoms with Gasteiger partial charge in [0.2, 0.25) is 0 Å². The summed E-state index contributed by atoms with van der Waals surface area (Å²) < 4.78 is 1.83. The van der Waals surface area contributed by atoms with E-state index in [0.29, 0.717) is 22.5 Å². The molecule has 0 fully saturated rings. The van der Waals surface area contributed by atoms with E-state index in [9.17, 15) is 9.59 Å². The fraction of sp³-hybridized carbons (Fsp3) is 0. The quantitative estimate of drug-likeness (QED) is 0.406. The summed E-state index contributed by atoms with van der Waals surface area (Å²) in [5.41, 5.74) is 2.42. The Bertz CT molecular complexity index is 1030. The van der Waals surface area contributed by atoms with E-state index in [1.807, 2.05) is 89.5 Å². The fourth-order valence-corrected chi connectivity index (χ4v) is 3.00. The van der Waals surface area contributed by atoms with Gasteiger partial charge in [-0.2, -0.15) is 0 Å². The zero-order valence-corrected chi connectivity index (χ0v) is 13.9. The Morgan fingerprint density at radius 2 is 1.23 bits per heavy atom. The number of pyridine rings is 1. The van der Waals surface area contributed by atoms with Crippen molar-refractivity contribution in [3.8, 4) is 0 Å². The summed E-state index contributed by atoms with van der Waals surface area (Å²) in [6.45, 7) is 0. The van der Waals surface area contributed by atoms with Crippen molar-refractivity contribution < 1.29 is 9.59 Å². The van der Waals surface area contributed by atoms with Gasteiger partial charge in [-0.25, -0.2) is 0 Å². The molecule has 0 atom stereocenters. The number of carbonyl (C=O) groups excluding carboxylic acids is 2. The number of fused-ring (bicyclic) bond motifs is 1. The maximum absolute atomic E-state index is 13.2. The number of hydrogen-bond donors (Lipinski definition) is 0. The highest BCUT2D eigenvalue weighted by Gasteiger charge is 2.27. The molecular weight excluding hydrogens is 324 g/mol. The van der Waals surface area contributed by atoms with Crippen LogP contribution in [0.5, 0.6) is 0 Å². The normalized spacial score (nSPS) is 10.6. The molecule has 26 heavy (non-hydrogen) atoms. The van der Waals surface area contributed by atoms with Gasteiger partial charge in [-0.3, -0.25) is 14.5 Å². The zero-order chi connectivity index (χ0) is 17.9. The minimum atomic E-state index is -0.584. The predicted molar refractivity (Wildman–Crippen MR) is 102 cm³/mol. The number of ketones is 1. The molecule has 4 aromatic rings. The van der Waals surface area contributed by atoms with Crippen LogP contribution in [0.1, 0.15) is 10.4 Å². The molecule has 4 rings (SSSR count). The molecule has 0 unspecified atom stereocenters. The lowest BCUT2D eigenvalue weighted by Gasteiger charge is -2.22. The molecule has 0 aliphatic carbocycles. The summed E-state index contributed by atoms with van der Waals surface area (Å²) in [5, 5.41) is 0. The van der Waals surface area contributed by atoms with Gasteiger partial charge in [0.1, 0.15) is 0 Å². The topological polar surface area (TPSA) is 41.8 Å². The molecule has 2 aromatic carbocycles. The maximum atomic E-state index is 13.2. The van der Waals surface area contributed by atoms with E-state index < -0.39 is 11.7 Å². The van der Waals surface area contributed by atoms with E-state index >= 15 is 0 Å². The van der Waals surface area contributed by atoms with Crippen molar-refractivity contribution in [2.24, 2.45) is 0 Å². The Morgan fingerprint density at radius 3 is 1.85 bits per heavy atom. The first-order chi connectivity index (χ1) is 12.8. The Labute approximate surface area is 150 Å². The minimum absolute atomic E-state index is 0.396. The van der Waals surface area contributed by atoms with E-state index in [0.717, 1.165) is 0 Å². The third kappa shape index (κ3) is 2.78. The Morgan fingerprint density at radius 1 is 0.654 bits per heavy atom. The first-order valence-corrected chi connectivity index (χ1v) is 8.30. The van der Waals surface area contributed by atoms with Gasteiger partial charge in [-0.1, -0.05) is 42.5 Å². The summed E-state index contributed by atoms with van der Waals surface area (Å²) in [6, 6.07) is 25.6. The van der Waals surface area contributed by atoms with E-state index in [-0.39, 0.29) is 0 Å². The van der Waals surface area contributed by atoms with Crippen molar-refractivity contribution in [2.75, 3.05) is 4.90 Å². The highest BCUT2D eigenvalue weighted by atomic mass is 16.2. The van der Waals surface area contributed by atoms with E-state index in [1.54, 1.807) is 12.3 Å². The van der Waals surface area contributed by atoms with Gasteiger partial charge in [0.25, 0.3) is 5.78 Å². The first-order valence-electron chi connectivity index (χ1n) is 8.30. The number of Topliss-reactive ketones (excluding diaryl/α,β-unsaturated/α-hetero) is 1. The molecule has 126 valence electrons. The maximum Gasteiger partial charge on any atom is 0.304 e. The molecule has 0 N–H and O–H groups in total. The molecule has 0 radical (unpaired) electrons. The van der Waals surface area contributed by atoms with Crippen LogP contribution in [0.3, 0.4) is 0 Å². The lowest BCUT2D eigenvalue weighted by molar-refractivity contribution is -0.114. The number of nitrogens with zero attached hydrogens (tertiary/aromatic N) is 2. The van der Waals surface area contributed by atoms with Crippen molar-refractivity contribution in [3.63, 3.8) is 0 Å². The second kappa shape index (κ2) is 6.69. The molecule has 4 nitrogen and oxygen atoms in total. The van der Waals surface area contributed by atoms with Gasteiger partial charge in [0.15, 0.2) is 0 Å². The third-order valence-corrected chi connectivity index (χ3v) is 4.24.